The minimum absolute atomic E-state index is 0.0470. The molecule has 0 spiro atoms. The third-order valence-electron chi connectivity index (χ3n) is 1.62. The van der Waals surface area contributed by atoms with Crippen LogP contribution in [0.3, 0.4) is 0 Å². The number of hydrogen-bond donors (Lipinski definition) is 2. The summed E-state index contributed by atoms with van der Waals surface area (Å²) in [5, 5.41) is 2.56. The summed E-state index contributed by atoms with van der Waals surface area (Å²) >= 11 is 0. The van der Waals surface area contributed by atoms with Crippen LogP contribution in [0.15, 0.2) is 24.3 Å². The van der Waals surface area contributed by atoms with Crippen LogP contribution in [0.25, 0.3) is 0 Å². The van der Waals surface area contributed by atoms with Gasteiger partial charge in [-0.3, -0.25) is 4.79 Å². The summed E-state index contributed by atoms with van der Waals surface area (Å²) in [7, 11) is 0. The van der Waals surface area contributed by atoms with Crippen molar-refractivity contribution >= 4 is 11.6 Å². The molecule has 0 saturated carbocycles. The van der Waals surface area contributed by atoms with Gasteiger partial charge >= 0.3 is 0 Å². The van der Waals surface area contributed by atoms with Gasteiger partial charge in [-0.1, -0.05) is 0 Å². The van der Waals surface area contributed by atoms with E-state index in [0.29, 0.717) is 18.8 Å². The molecule has 1 aromatic carbocycles. The van der Waals surface area contributed by atoms with Gasteiger partial charge in [0.2, 0.25) is 5.91 Å². The van der Waals surface area contributed by atoms with E-state index < -0.39 is 0 Å². The second-order valence-electron chi connectivity index (χ2n) is 2.90. The summed E-state index contributed by atoms with van der Waals surface area (Å²) in [5.74, 6) is -0.623. The van der Waals surface area contributed by atoms with E-state index >= 15 is 0 Å². The predicted molar refractivity (Wildman–Crippen MR) is 54.9 cm³/mol. The zero-order valence-corrected chi connectivity index (χ0v) is 8.20. The minimum Gasteiger partial charge on any atom is -0.370 e. The fraction of sp³-hybridized carbons (Fsp3) is 0.300. The zero-order chi connectivity index (χ0) is 11.1. The van der Waals surface area contributed by atoms with E-state index in [9.17, 15) is 9.18 Å². The summed E-state index contributed by atoms with van der Waals surface area (Å²) in [6, 6.07) is 5.51. The third kappa shape index (κ3) is 4.53. The van der Waals surface area contributed by atoms with Crippen molar-refractivity contribution in [3.05, 3.63) is 30.1 Å². The summed E-state index contributed by atoms with van der Waals surface area (Å²) in [6.45, 7) is 0.676. The number of ether oxygens (including phenoxy) is 1. The molecule has 0 aliphatic heterocycles. The highest BCUT2D eigenvalue weighted by Gasteiger charge is 2.01. The number of nitrogens with two attached hydrogens (primary N) is 1. The van der Waals surface area contributed by atoms with Crippen LogP contribution in [-0.2, 0) is 9.53 Å². The Morgan fingerprint density at radius 3 is 2.67 bits per heavy atom. The van der Waals surface area contributed by atoms with E-state index in [-0.39, 0.29) is 18.3 Å². The monoisotopic (exact) mass is 212 g/mol. The highest BCUT2D eigenvalue weighted by Crippen LogP contribution is 2.07. The van der Waals surface area contributed by atoms with Crippen molar-refractivity contribution in [3.63, 3.8) is 0 Å². The topological polar surface area (TPSA) is 64.3 Å². The summed E-state index contributed by atoms with van der Waals surface area (Å²) in [5.41, 5.74) is 5.73. The molecular formula is C10H13FN2O2. The first-order valence-electron chi connectivity index (χ1n) is 4.55. The van der Waals surface area contributed by atoms with Crippen molar-refractivity contribution in [1.82, 2.24) is 0 Å². The maximum Gasteiger partial charge on any atom is 0.250 e. The summed E-state index contributed by atoms with van der Waals surface area (Å²) < 4.78 is 17.5. The molecule has 5 heteroatoms. The number of carbonyl (C=O) groups excluding carboxylic acids is 1. The van der Waals surface area contributed by atoms with Crippen molar-refractivity contribution < 1.29 is 13.9 Å². The Kier molecular flexibility index (Phi) is 4.73. The third-order valence-corrected chi connectivity index (χ3v) is 1.62. The van der Waals surface area contributed by atoms with Gasteiger partial charge in [-0.25, -0.2) is 4.39 Å². The normalized spacial score (nSPS) is 10.0. The second-order valence-corrected chi connectivity index (χ2v) is 2.90. The number of nitrogens with one attached hydrogen (secondary N) is 1. The first kappa shape index (κ1) is 11.6. The molecule has 1 amide bonds. The predicted octanol–water partition coefficient (Wildman–Crippen LogP) is 0.739. The Labute approximate surface area is 87.2 Å². The van der Waals surface area contributed by atoms with Crippen LogP contribution < -0.4 is 11.1 Å². The zero-order valence-electron chi connectivity index (χ0n) is 8.20. The summed E-state index contributed by atoms with van der Waals surface area (Å²) in [4.78, 5) is 11.2. The van der Waals surface area contributed by atoms with E-state index in [2.05, 4.69) is 5.32 Å². The molecule has 0 atom stereocenters. The highest BCUT2D eigenvalue weighted by molar-refractivity contribution is 5.91. The first-order chi connectivity index (χ1) is 7.22. The van der Waals surface area contributed by atoms with E-state index in [1.807, 2.05) is 0 Å². The Balaban J connectivity index is 2.34. The molecule has 3 N–H and O–H groups in total. The maximum atomic E-state index is 12.5. The van der Waals surface area contributed by atoms with Crippen molar-refractivity contribution in [1.29, 1.82) is 0 Å². The smallest absolute Gasteiger partial charge is 0.250 e. The molecule has 0 unspecified atom stereocenters. The van der Waals surface area contributed by atoms with Gasteiger partial charge < -0.3 is 15.8 Å². The largest absolute Gasteiger partial charge is 0.370 e. The fourth-order valence-corrected chi connectivity index (χ4v) is 0.978. The van der Waals surface area contributed by atoms with Gasteiger partial charge in [-0.2, -0.15) is 0 Å². The van der Waals surface area contributed by atoms with Gasteiger partial charge in [-0.05, 0) is 24.3 Å². The number of rotatable bonds is 5. The fourth-order valence-electron chi connectivity index (χ4n) is 0.978. The molecule has 4 nitrogen and oxygen atoms in total. The molecule has 0 heterocycles. The number of amides is 1. The van der Waals surface area contributed by atoms with Crippen LogP contribution >= 0.6 is 0 Å². The van der Waals surface area contributed by atoms with E-state index in [0.717, 1.165) is 0 Å². The van der Waals surface area contributed by atoms with Crippen LogP contribution in [0.1, 0.15) is 0 Å². The standard InChI is InChI=1S/C10H13FN2O2/c11-8-1-3-9(4-2-8)13-10(14)7-15-6-5-12/h1-4H,5-7,12H2,(H,13,14). The molecule has 15 heavy (non-hydrogen) atoms. The number of anilines is 1. The van der Waals surface area contributed by atoms with Crippen molar-refractivity contribution in [2.45, 2.75) is 0 Å². The van der Waals surface area contributed by atoms with Crippen molar-refractivity contribution in [2.24, 2.45) is 5.73 Å². The van der Waals surface area contributed by atoms with Gasteiger partial charge in [-0.15, -0.1) is 0 Å². The van der Waals surface area contributed by atoms with Crippen LogP contribution in [0.2, 0.25) is 0 Å². The Hall–Kier alpha value is -1.46. The SMILES string of the molecule is NCCOCC(=O)Nc1ccc(F)cc1. The lowest BCUT2D eigenvalue weighted by Crippen LogP contribution is -2.20. The Morgan fingerprint density at radius 2 is 2.07 bits per heavy atom. The molecule has 1 aromatic rings. The van der Waals surface area contributed by atoms with Crippen molar-refractivity contribution in [3.8, 4) is 0 Å². The van der Waals surface area contributed by atoms with Crippen LogP contribution in [0, 0.1) is 5.82 Å². The van der Waals surface area contributed by atoms with Crippen LogP contribution in [0.5, 0.6) is 0 Å². The van der Waals surface area contributed by atoms with E-state index in [4.69, 9.17) is 10.5 Å². The first-order valence-corrected chi connectivity index (χ1v) is 4.55. The van der Waals surface area contributed by atoms with Crippen LogP contribution in [0.4, 0.5) is 10.1 Å². The van der Waals surface area contributed by atoms with Gasteiger partial charge in [0, 0.05) is 12.2 Å². The maximum absolute atomic E-state index is 12.5. The highest BCUT2D eigenvalue weighted by atomic mass is 19.1. The number of halogens is 1. The lowest BCUT2D eigenvalue weighted by atomic mass is 10.3. The average Bonchev–Trinajstić information content (AvgIpc) is 2.22. The Morgan fingerprint density at radius 1 is 1.40 bits per heavy atom. The van der Waals surface area contributed by atoms with E-state index in [1.54, 1.807) is 0 Å². The average molecular weight is 212 g/mol. The molecule has 0 aliphatic carbocycles. The molecule has 0 radical (unpaired) electrons. The van der Waals surface area contributed by atoms with Crippen molar-refractivity contribution in [2.75, 3.05) is 25.1 Å². The van der Waals surface area contributed by atoms with Gasteiger partial charge in [0.05, 0.1) is 6.61 Å². The van der Waals surface area contributed by atoms with Gasteiger partial charge in [0.1, 0.15) is 12.4 Å². The minimum atomic E-state index is -0.340. The molecular weight excluding hydrogens is 199 g/mol. The molecule has 0 aliphatic rings. The molecule has 0 saturated heterocycles. The molecule has 0 bridgehead atoms. The molecule has 1 rings (SSSR count). The van der Waals surface area contributed by atoms with Gasteiger partial charge in [0.25, 0.3) is 0 Å². The summed E-state index contributed by atoms with van der Waals surface area (Å²) in [6.07, 6.45) is 0. The van der Waals surface area contributed by atoms with E-state index in [1.165, 1.54) is 24.3 Å². The van der Waals surface area contributed by atoms with Crippen LogP contribution in [-0.4, -0.2) is 25.7 Å². The molecule has 0 fully saturated rings. The number of benzene rings is 1. The number of carbonyl (C=O) groups is 1. The Bertz CT molecular complexity index is 314. The second kappa shape index (κ2) is 6.10. The lowest BCUT2D eigenvalue weighted by Gasteiger charge is -2.05. The van der Waals surface area contributed by atoms with Gasteiger partial charge in [0.15, 0.2) is 0 Å². The quantitative estimate of drug-likeness (QED) is 0.707. The number of hydrogen-bond acceptors (Lipinski definition) is 3. The molecule has 82 valence electrons. The lowest BCUT2D eigenvalue weighted by molar-refractivity contribution is -0.120. The molecule has 0 aromatic heterocycles.